The van der Waals surface area contributed by atoms with Gasteiger partial charge < -0.3 is 10.2 Å². The Morgan fingerprint density at radius 2 is 1.79 bits per heavy atom. The number of aliphatic hydroxyl groups excluding tert-OH is 1. The van der Waals surface area contributed by atoms with Crippen molar-refractivity contribution in [2.24, 2.45) is 40.4 Å². The van der Waals surface area contributed by atoms with Crippen LogP contribution in [0.5, 0.6) is 0 Å². The van der Waals surface area contributed by atoms with Crippen molar-refractivity contribution in [3.05, 3.63) is 47.5 Å². The first-order valence-corrected chi connectivity index (χ1v) is 13.8. The third-order valence-corrected chi connectivity index (χ3v) is 11.3. The minimum absolute atomic E-state index is 0.112. The van der Waals surface area contributed by atoms with Gasteiger partial charge in [-0.25, -0.2) is 0 Å². The molecule has 0 unspecified atom stereocenters. The van der Waals surface area contributed by atoms with Crippen LogP contribution in [0, 0.1) is 40.4 Å². The van der Waals surface area contributed by atoms with Crippen LogP contribution in [0.2, 0.25) is 0 Å². The second kappa shape index (κ2) is 8.52. The molecule has 9 atom stereocenters. The average Bonchev–Trinajstić information content (AvgIpc) is 3.16. The Kier molecular flexibility index (Phi) is 6.10. The highest BCUT2D eigenvalue weighted by Crippen LogP contribution is 2.67. The molecule has 1 aromatic rings. The van der Waals surface area contributed by atoms with E-state index in [9.17, 15) is 10.2 Å². The van der Waals surface area contributed by atoms with Gasteiger partial charge in [0.15, 0.2) is 0 Å². The molecule has 0 amide bonds. The highest BCUT2D eigenvalue weighted by molar-refractivity contribution is 5.25. The van der Waals surface area contributed by atoms with Crippen molar-refractivity contribution >= 4 is 0 Å². The molecule has 0 bridgehead atoms. The molecule has 0 spiro atoms. The van der Waals surface area contributed by atoms with Crippen molar-refractivity contribution in [2.45, 2.75) is 104 Å². The molecule has 3 saturated carbocycles. The predicted octanol–water partition coefficient (Wildman–Crippen LogP) is 7.25. The first kappa shape index (κ1) is 23.6. The first-order chi connectivity index (χ1) is 15.6. The molecule has 0 saturated heterocycles. The van der Waals surface area contributed by atoms with Gasteiger partial charge in [-0.1, -0.05) is 62.8 Å². The summed E-state index contributed by atoms with van der Waals surface area (Å²) in [6.45, 7) is 9.62. The Balaban J connectivity index is 1.29. The van der Waals surface area contributed by atoms with Crippen molar-refractivity contribution in [1.29, 1.82) is 0 Å². The van der Waals surface area contributed by atoms with Crippen LogP contribution in [0.4, 0.5) is 0 Å². The second-order valence-corrected chi connectivity index (χ2v) is 13.0. The van der Waals surface area contributed by atoms with Crippen LogP contribution in [0.1, 0.15) is 97.5 Å². The minimum Gasteiger partial charge on any atom is -0.393 e. The molecule has 0 aromatic heterocycles. The van der Waals surface area contributed by atoms with Gasteiger partial charge in [0.1, 0.15) is 0 Å². The van der Waals surface area contributed by atoms with E-state index >= 15 is 0 Å². The van der Waals surface area contributed by atoms with Gasteiger partial charge in [-0.15, -0.1) is 0 Å². The Labute approximate surface area is 201 Å². The fourth-order valence-electron chi connectivity index (χ4n) is 9.27. The number of rotatable bonds is 5. The zero-order valence-corrected chi connectivity index (χ0v) is 21.4. The zero-order chi connectivity index (χ0) is 23.4. The lowest BCUT2D eigenvalue weighted by Gasteiger charge is -2.58. The Morgan fingerprint density at radius 1 is 1.03 bits per heavy atom. The SMILES string of the molecule is C[C@H](CC[C@](C)(O)c1ccccc1)[C@@H]1CC[C@@H]2[C@@H]3CC=C4C[C@H](O)CC[C@]4(C)[C@H]3CC[C@@]21C. The Hall–Kier alpha value is -1.12. The number of allylic oxidation sites excluding steroid dienone is 1. The topological polar surface area (TPSA) is 40.5 Å². The number of hydrogen-bond donors (Lipinski definition) is 2. The molecule has 182 valence electrons. The molecule has 2 nitrogen and oxygen atoms in total. The highest BCUT2D eigenvalue weighted by Gasteiger charge is 2.59. The van der Waals surface area contributed by atoms with E-state index < -0.39 is 5.60 Å². The third kappa shape index (κ3) is 3.94. The maximum atomic E-state index is 11.2. The van der Waals surface area contributed by atoms with Crippen LogP contribution in [0.25, 0.3) is 0 Å². The van der Waals surface area contributed by atoms with Crippen molar-refractivity contribution < 1.29 is 10.2 Å². The molecular formula is C31H46O2. The fourth-order valence-corrected chi connectivity index (χ4v) is 9.27. The summed E-state index contributed by atoms with van der Waals surface area (Å²) in [4.78, 5) is 0. The second-order valence-electron chi connectivity index (χ2n) is 13.0. The fraction of sp³-hybridized carbons (Fsp3) is 0.742. The summed E-state index contributed by atoms with van der Waals surface area (Å²) in [6.07, 6.45) is 14.2. The number of benzene rings is 1. The summed E-state index contributed by atoms with van der Waals surface area (Å²) in [5.74, 6) is 3.93. The van der Waals surface area contributed by atoms with Gasteiger partial charge in [-0.2, -0.15) is 0 Å². The lowest BCUT2D eigenvalue weighted by Crippen LogP contribution is -2.50. The molecule has 1 aromatic carbocycles. The normalized spacial score (nSPS) is 43.0. The molecule has 0 aliphatic heterocycles. The van der Waals surface area contributed by atoms with E-state index in [-0.39, 0.29) is 6.10 Å². The lowest BCUT2D eigenvalue weighted by atomic mass is 9.47. The van der Waals surface area contributed by atoms with Gasteiger partial charge >= 0.3 is 0 Å². The van der Waals surface area contributed by atoms with Crippen molar-refractivity contribution in [3.63, 3.8) is 0 Å². The van der Waals surface area contributed by atoms with E-state index in [1.807, 2.05) is 25.1 Å². The highest BCUT2D eigenvalue weighted by atomic mass is 16.3. The number of fused-ring (bicyclic) bond motifs is 5. The van der Waals surface area contributed by atoms with Crippen LogP contribution in [-0.4, -0.2) is 16.3 Å². The van der Waals surface area contributed by atoms with E-state index in [0.29, 0.717) is 16.7 Å². The molecule has 4 aliphatic carbocycles. The van der Waals surface area contributed by atoms with E-state index in [2.05, 4.69) is 39.0 Å². The van der Waals surface area contributed by atoms with Gasteiger partial charge in [0.05, 0.1) is 11.7 Å². The Morgan fingerprint density at radius 3 is 2.55 bits per heavy atom. The molecule has 2 heteroatoms. The van der Waals surface area contributed by atoms with Crippen LogP contribution >= 0.6 is 0 Å². The van der Waals surface area contributed by atoms with Crippen molar-refractivity contribution in [3.8, 4) is 0 Å². The van der Waals surface area contributed by atoms with E-state index in [1.54, 1.807) is 5.57 Å². The average molecular weight is 451 g/mol. The standard InChI is InChI=1S/C31H46O2/c1-21(14-19-31(4,33)22-8-6-5-7-9-22)26-12-13-27-25-11-10-23-20-24(32)15-17-29(23,2)28(25)16-18-30(26,27)3/h5-10,21,24-28,32-33H,11-20H2,1-4H3/t21-,24-,25+,26+,27-,28+,29+,30-,31+/m1/s1. The summed E-state index contributed by atoms with van der Waals surface area (Å²) in [7, 11) is 0. The molecule has 0 radical (unpaired) electrons. The van der Waals surface area contributed by atoms with E-state index in [1.165, 1.54) is 38.5 Å². The largest absolute Gasteiger partial charge is 0.393 e. The zero-order valence-electron chi connectivity index (χ0n) is 21.4. The summed E-state index contributed by atoms with van der Waals surface area (Å²) in [5.41, 5.74) is 2.67. The van der Waals surface area contributed by atoms with E-state index in [0.717, 1.165) is 54.9 Å². The van der Waals surface area contributed by atoms with Crippen LogP contribution < -0.4 is 0 Å². The first-order valence-electron chi connectivity index (χ1n) is 13.8. The van der Waals surface area contributed by atoms with Gasteiger partial charge in [-0.05, 0) is 117 Å². The van der Waals surface area contributed by atoms with Crippen molar-refractivity contribution in [1.82, 2.24) is 0 Å². The summed E-state index contributed by atoms with van der Waals surface area (Å²) < 4.78 is 0. The van der Waals surface area contributed by atoms with Crippen molar-refractivity contribution in [2.75, 3.05) is 0 Å². The molecule has 3 fully saturated rings. The van der Waals surface area contributed by atoms with Gasteiger partial charge in [0.2, 0.25) is 0 Å². The minimum atomic E-state index is -0.739. The van der Waals surface area contributed by atoms with Gasteiger partial charge in [-0.3, -0.25) is 0 Å². The van der Waals surface area contributed by atoms with Gasteiger partial charge in [0, 0.05) is 0 Å². The van der Waals surface area contributed by atoms with E-state index in [4.69, 9.17) is 0 Å². The maximum absolute atomic E-state index is 11.2. The molecule has 4 aliphatic rings. The number of aliphatic hydroxyl groups is 2. The van der Waals surface area contributed by atoms with Crippen LogP contribution in [-0.2, 0) is 5.60 Å². The molecular weight excluding hydrogens is 404 g/mol. The lowest BCUT2D eigenvalue weighted by molar-refractivity contribution is -0.0589. The smallest absolute Gasteiger partial charge is 0.0868 e. The molecule has 5 rings (SSSR count). The number of hydrogen-bond acceptors (Lipinski definition) is 2. The summed E-state index contributed by atoms with van der Waals surface area (Å²) in [6, 6.07) is 10.2. The van der Waals surface area contributed by atoms with Gasteiger partial charge in [0.25, 0.3) is 0 Å². The maximum Gasteiger partial charge on any atom is 0.0868 e. The monoisotopic (exact) mass is 450 g/mol. The van der Waals surface area contributed by atoms with Crippen LogP contribution in [0.3, 0.4) is 0 Å². The Bertz CT molecular complexity index is 872. The quantitative estimate of drug-likeness (QED) is 0.464. The predicted molar refractivity (Wildman–Crippen MR) is 136 cm³/mol. The van der Waals surface area contributed by atoms with Crippen LogP contribution in [0.15, 0.2) is 42.0 Å². The molecule has 2 N–H and O–H groups in total. The summed E-state index contributed by atoms with van der Waals surface area (Å²) in [5, 5.41) is 21.4. The summed E-state index contributed by atoms with van der Waals surface area (Å²) >= 11 is 0. The third-order valence-electron chi connectivity index (χ3n) is 11.3. The molecule has 0 heterocycles. The molecule has 33 heavy (non-hydrogen) atoms.